The number of aromatic nitrogens is 1. The van der Waals surface area contributed by atoms with Gasteiger partial charge in [-0.2, -0.15) is 0 Å². The van der Waals surface area contributed by atoms with Gasteiger partial charge in [0.25, 0.3) is 0 Å². The van der Waals surface area contributed by atoms with E-state index in [-0.39, 0.29) is 0 Å². The van der Waals surface area contributed by atoms with Gasteiger partial charge >= 0.3 is 0 Å². The summed E-state index contributed by atoms with van der Waals surface area (Å²) in [7, 11) is 2.03. The summed E-state index contributed by atoms with van der Waals surface area (Å²) in [6, 6.07) is 16.3. The maximum atomic E-state index is 5.97. The topological polar surface area (TPSA) is 14.2 Å². The molecule has 0 aliphatic carbocycles. The van der Waals surface area contributed by atoms with Crippen molar-refractivity contribution in [2.45, 2.75) is 6.61 Å². The largest absolute Gasteiger partial charge is 0.488 e. The van der Waals surface area contributed by atoms with Crippen LogP contribution in [0.4, 0.5) is 0 Å². The quantitative estimate of drug-likeness (QED) is 0.686. The summed E-state index contributed by atoms with van der Waals surface area (Å²) >= 11 is 0. The fraction of sp³-hybridized carbons (Fsp3) is 0.118. The highest BCUT2D eigenvalue weighted by Gasteiger charge is 2.08. The average molecular weight is 250 g/mol. The zero-order chi connectivity index (χ0) is 13.2. The van der Waals surface area contributed by atoms with E-state index in [9.17, 15) is 0 Å². The van der Waals surface area contributed by atoms with Gasteiger partial charge in [0, 0.05) is 18.6 Å². The first-order chi connectivity index (χ1) is 9.25. The third kappa shape index (κ3) is 2.22. The van der Waals surface area contributed by atoms with Crippen molar-refractivity contribution in [3.63, 3.8) is 0 Å². The normalized spacial score (nSPS) is 10.8. The van der Waals surface area contributed by atoms with Crippen molar-refractivity contribution in [1.29, 1.82) is 0 Å². The Labute approximate surface area is 113 Å². The molecule has 2 heteroatoms. The van der Waals surface area contributed by atoms with Crippen LogP contribution in [0.15, 0.2) is 54.7 Å². The predicted molar refractivity (Wildman–Crippen MR) is 78.2 cm³/mol. The van der Waals surface area contributed by atoms with Gasteiger partial charge in [-0.25, -0.2) is 0 Å². The molecule has 0 unspecified atom stereocenters. The highest BCUT2D eigenvalue weighted by molar-refractivity contribution is 5.88. The van der Waals surface area contributed by atoms with Crippen molar-refractivity contribution < 1.29 is 4.74 Å². The molecule has 0 N–H and O–H groups in total. The third-order valence-corrected chi connectivity index (χ3v) is 3.33. The van der Waals surface area contributed by atoms with E-state index in [0.29, 0.717) is 6.61 Å². The number of rotatable bonds is 3. The Morgan fingerprint density at radius 2 is 1.84 bits per heavy atom. The highest BCUT2D eigenvalue weighted by Crippen LogP contribution is 2.30. The molecule has 0 amide bonds. The zero-order valence-electron chi connectivity index (χ0n) is 11.0. The number of aryl methyl sites for hydroxylation is 1. The molecule has 0 saturated heterocycles. The monoisotopic (exact) mass is 250 g/mol. The van der Waals surface area contributed by atoms with E-state index in [1.807, 2.05) is 37.5 Å². The molecule has 0 atom stereocenters. The molecule has 0 spiro atoms. The molecule has 1 radical (unpaired) electrons. The van der Waals surface area contributed by atoms with Crippen LogP contribution in [0.3, 0.4) is 0 Å². The molecule has 0 fully saturated rings. The van der Waals surface area contributed by atoms with Crippen LogP contribution in [0, 0.1) is 6.92 Å². The summed E-state index contributed by atoms with van der Waals surface area (Å²) in [5.41, 5.74) is 3.25. The molecule has 1 aromatic heterocycles. The fourth-order valence-corrected chi connectivity index (χ4v) is 2.27. The Bertz CT molecular complexity index is 698. The number of hydrogen-bond acceptors (Lipinski definition) is 1. The van der Waals surface area contributed by atoms with E-state index in [1.54, 1.807) is 0 Å². The summed E-state index contributed by atoms with van der Waals surface area (Å²) in [6.45, 7) is 4.62. The van der Waals surface area contributed by atoms with Crippen LogP contribution in [0.2, 0.25) is 0 Å². The lowest BCUT2D eigenvalue weighted by atomic mass is 10.1. The van der Waals surface area contributed by atoms with Gasteiger partial charge in [-0.1, -0.05) is 36.4 Å². The third-order valence-electron chi connectivity index (χ3n) is 3.33. The Hall–Kier alpha value is -2.22. The van der Waals surface area contributed by atoms with Gasteiger partial charge < -0.3 is 9.30 Å². The van der Waals surface area contributed by atoms with Gasteiger partial charge in [-0.15, -0.1) is 0 Å². The molecule has 19 heavy (non-hydrogen) atoms. The number of nitrogens with zero attached hydrogens (tertiary/aromatic N) is 1. The molecule has 2 nitrogen and oxygen atoms in total. The van der Waals surface area contributed by atoms with Crippen LogP contribution >= 0.6 is 0 Å². The molecule has 0 bridgehead atoms. The SMILES string of the molecule is [CH2]c1ccc2c(ccn2C)c1OCc1ccccc1. The van der Waals surface area contributed by atoms with Gasteiger partial charge in [0.15, 0.2) is 0 Å². The second kappa shape index (κ2) is 4.81. The van der Waals surface area contributed by atoms with Crippen LogP contribution in [0.5, 0.6) is 5.75 Å². The average Bonchev–Trinajstić information content (AvgIpc) is 2.81. The molecular weight excluding hydrogens is 234 g/mol. The molecular formula is C17H16NO. The molecule has 1 heterocycles. The van der Waals surface area contributed by atoms with Crippen molar-refractivity contribution in [3.05, 3.63) is 72.8 Å². The Balaban J connectivity index is 1.94. The van der Waals surface area contributed by atoms with Crippen molar-refractivity contribution in [2.75, 3.05) is 0 Å². The summed E-state index contributed by atoms with van der Waals surface area (Å²) in [4.78, 5) is 0. The number of fused-ring (bicyclic) bond motifs is 1. The minimum Gasteiger partial charge on any atom is -0.488 e. The second-order valence-electron chi connectivity index (χ2n) is 4.69. The number of benzene rings is 2. The van der Waals surface area contributed by atoms with E-state index in [4.69, 9.17) is 4.74 Å². The second-order valence-corrected chi connectivity index (χ2v) is 4.69. The van der Waals surface area contributed by atoms with Crippen molar-refractivity contribution in [3.8, 4) is 5.75 Å². The molecule has 0 saturated carbocycles. The standard InChI is InChI=1S/C17H16NO/c1-13-8-9-16-15(10-11-18(16)2)17(13)19-12-14-6-4-3-5-7-14/h3-11H,1,12H2,2H3. The summed E-state index contributed by atoms with van der Waals surface area (Å²) in [6.07, 6.45) is 2.04. The van der Waals surface area contributed by atoms with Crippen molar-refractivity contribution >= 4 is 10.9 Å². The van der Waals surface area contributed by atoms with Gasteiger partial charge in [0.05, 0.1) is 5.52 Å². The number of hydrogen-bond donors (Lipinski definition) is 0. The molecule has 3 aromatic rings. The van der Waals surface area contributed by atoms with Gasteiger partial charge in [0.1, 0.15) is 12.4 Å². The fourth-order valence-electron chi connectivity index (χ4n) is 2.27. The van der Waals surface area contributed by atoms with E-state index in [1.165, 1.54) is 0 Å². The highest BCUT2D eigenvalue weighted by atomic mass is 16.5. The van der Waals surface area contributed by atoms with Gasteiger partial charge in [-0.3, -0.25) is 0 Å². The maximum Gasteiger partial charge on any atom is 0.132 e. The molecule has 2 aromatic carbocycles. The molecule has 95 valence electrons. The minimum absolute atomic E-state index is 0.567. The summed E-state index contributed by atoms with van der Waals surface area (Å²) in [5, 5.41) is 1.12. The lowest BCUT2D eigenvalue weighted by Gasteiger charge is -2.11. The van der Waals surface area contributed by atoms with Gasteiger partial charge in [0.2, 0.25) is 0 Å². The van der Waals surface area contributed by atoms with Crippen molar-refractivity contribution in [2.24, 2.45) is 7.05 Å². The smallest absolute Gasteiger partial charge is 0.132 e. The van der Waals surface area contributed by atoms with Crippen LogP contribution in [0.1, 0.15) is 11.1 Å². The molecule has 0 aliphatic heterocycles. The van der Waals surface area contributed by atoms with Crippen LogP contribution in [0.25, 0.3) is 10.9 Å². The molecule has 3 rings (SSSR count). The number of ether oxygens (including phenoxy) is 1. The Kier molecular flexibility index (Phi) is 3.00. The first-order valence-electron chi connectivity index (χ1n) is 6.32. The first kappa shape index (κ1) is 11.8. The van der Waals surface area contributed by atoms with Crippen LogP contribution in [-0.4, -0.2) is 4.57 Å². The zero-order valence-corrected chi connectivity index (χ0v) is 11.0. The minimum atomic E-state index is 0.567. The Morgan fingerprint density at radius 1 is 1.05 bits per heavy atom. The van der Waals surface area contributed by atoms with Crippen LogP contribution < -0.4 is 4.74 Å². The van der Waals surface area contributed by atoms with Crippen LogP contribution in [-0.2, 0) is 13.7 Å². The summed E-state index contributed by atoms with van der Waals surface area (Å²) < 4.78 is 8.06. The lowest BCUT2D eigenvalue weighted by molar-refractivity contribution is 0.309. The Morgan fingerprint density at radius 3 is 2.63 bits per heavy atom. The first-order valence-corrected chi connectivity index (χ1v) is 6.32. The van der Waals surface area contributed by atoms with Crippen molar-refractivity contribution in [1.82, 2.24) is 4.57 Å². The van der Waals surface area contributed by atoms with E-state index < -0.39 is 0 Å². The van der Waals surface area contributed by atoms with Gasteiger partial charge in [-0.05, 0) is 30.2 Å². The van der Waals surface area contributed by atoms with E-state index in [0.717, 1.165) is 27.8 Å². The lowest BCUT2D eigenvalue weighted by Crippen LogP contribution is -1.97. The predicted octanol–water partition coefficient (Wildman–Crippen LogP) is 3.94. The maximum absolute atomic E-state index is 5.97. The van der Waals surface area contributed by atoms with E-state index >= 15 is 0 Å². The summed E-state index contributed by atoms with van der Waals surface area (Å²) in [5.74, 6) is 0.877. The van der Waals surface area contributed by atoms with E-state index in [2.05, 4.69) is 35.8 Å². The molecule has 0 aliphatic rings.